The van der Waals surface area contributed by atoms with Gasteiger partial charge in [-0.25, -0.2) is 4.98 Å². The Hall–Kier alpha value is -6.59. The van der Waals surface area contributed by atoms with Crippen LogP contribution in [-0.2, 0) is 21.7 Å². The van der Waals surface area contributed by atoms with E-state index in [1.54, 1.807) is 0 Å². The molecule has 0 N–H and O–H groups in total. The molecule has 0 radical (unpaired) electrons. The van der Waals surface area contributed by atoms with Crippen LogP contribution in [0.1, 0.15) is 160 Å². The van der Waals surface area contributed by atoms with E-state index in [1.165, 1.54) is 66.7 Å². The van der Waals surface area contributed by atoms with Gasteiger partial charge in [0.2, 0.25) is 0 Å². The fourth-order valence-electron chi connectivity index (χ4n) is 10.2. The van der Waals surface area contributed by atoms with E-state index in [-0.39, 0.29) is 21.7 Å². The maximum atomic E-state index is 7.09. The molecule has 3 heterocycles. The summed E-state index contributed by atoms with van der Waals surface area (Å²) in [7, 11) is 0. The molecule has 0 saturated heterocycles. The summed E-state index contributed by atoms with van der Waals surface area (Å²) in [5.41, 5.74) is 15.7. The normalized spacial score (nSPS) is 13.9. The molecule has 0 spiro atoms. The first kappa shape index (κ1) is 48.4. The van der Waals surface area contributed by atoms with Gasteiger partial charge in [0.1, 0.15) is 17.3 Å². The van der Waals surface area contributed by atoms with Crippen molar-refractivity contribution in [2.45, 2.75) is 137 Å². The summed E-state index contributed by atoms with van der Waals surface area (Å²) >= 11 is 0. The molecule has 6 aromatic carbocycles. The van der Waals surface area contributed by atoms with Gasteiger partial charge in [-0.3, -0.25) is 4.57 Å². The summed E-state index contributed by atoms with van der Waals surface area (Å²) in [6, 6.07) is 51.6. The van der Waals surface area contributed by atoms with Crippen molar-refractivity contribution in [3.05, 3.63) is 196 Å². The van der Waals surface area contributed by atoms with Crippen molar-refractivity contribution in [1.82, 2.24) is 9.55 Å². The molecule has 360 valence electrons. The van der Waals surface area contributed by atoms with E-state index >= 15 is 0 Å². The van der Waals surface area contributed by atoms with Gasteiger partial charge in [-0.1, -0.05) is 171 Å². The maximum Gasteiger partial charge on any atom is 0.137 e. The predicted molar refractivity (Wildman–Crippen MR) is 299 cm³/mol. The first-order chi connectivity index (χ1) is 33.0. The van der Waals surface area contributed by atoms with Crippen LogP contribution in [0.15, 0.2) is 152 Å². The first-order valence-electron chi connectivity index (χ1n) is 25.4. The van der Waals surface area contributed by atoms with E-state index in [2.05, 4.69) is 264 Å². The number of nitrogens with zero attached hydrogens (tertiary/aromatic N) is 4. The molecule has 2 aromatic heterocycles. The Kier molecular flexibility index (Phi) is 12.4. The molecule has 1 aliphatic heterocycles. The van der Waals surface area contributed by atoms with Crippen molar-refractivity contribution < 1.29 is 4.74 Å². The van der Waals surface area contributed by atoms with Gasteiger partial charge in [0.25, 0.3) is 0 Å². The quantitative estimate of drug-likeness (QED) is 0.137. The summed E-state index contributed by atoms with van der Waals surface area (Å²) in [5.74, 6) is 3.17. The highest BCUT2D eigenvalue weighted by Crippen LogP contribution is 2.45. The Bertz CT molecular complexity index is 3230. The molecular weight excluding hydrogens is 853 g/mol. The molecular formula is C65H74N4O. The number of rotatable bonds is 10. The van der Waals surface area contributed by atoms with Crippen molar-refractivity contribution in [2.24, 2.45) is 0 Å². The molecule has 70 heavy (non-hydrogen) atoms. The minimum absolute atomic E-state index is 0.00597. The zero-order valence-electron chi connectivity index (χ0n) is 44.5. The Labute approximate surface area is 418 Å². The van der Waals surface area contributed by atoms with Gasteiger partial charge in [0, 0.05) is 57.7 Å². The minimum atomic E-state index is -0.188. The number of pyridine rings is 1. The van der Waals surface area contributed by atoms with Crippen LogP contribution in [0.3, 0.4) is 0 Å². The lowest BCUT2D eigenvalue weighted by Crippen LogP contribution is -2.28. The smallest absolute Gasteiger partial charge is 0.137 e. The lowest BCUT2D eigenvalue weighted by Gasteiger charge is -2.31. The van der Waals surface area contributed by atoms with E-state index in [9.17, 15) is 0 Å². The van der Waals surface area contributed by atoms with Crippen LogP contribution in [0.25, 0.3) is 33.3 Å². The second-order valence-electron chi connectivity index (χ2n) is 23.9. The summed E-state index contributed by atoms with van der Waals surface area (Å²) in [6.07, 6.45) is 4.34. The van der Waals surface area contributed by atoms with Crippen LogP contribution in [0, 0.1) is 0 Å². The monoisotopic (exact) mass is 927 g/mol. The Morgan fingerprint density at radius 3 is 1.77 bits per heavy atom. The van der Waals surface area contributed by atoms with Crippen molar-refractivity contribution >= 4 is 38.9 Å². The molecule has 5 nitrogen and oxygen atoms in total. The van der Waals surface area contributed by atoms with E-state index in [0.29, 0.717) is 18.5 Å². The highest BCUT2D eigenvalue weighted by Gasteiger charge is 2.32. The Balaban J connectivity index is 1.18. The second-order valence-corrected chi connectivity index (χ2v) is 23.9. The number of ether oxygens (including phenoxy) is 1. The molecule has 0 atom stereocenters. The van der Waals surface area contributed by atoms with Crippen LogP contribution in [-0.4, -0.2) is 16.2 Å². The van der Waals surface area contributed by atoms with Gasteiger partial charge in [0.15, 0.2) is 0 Å². The zero-order valence-corrected chi connectivity index (χ0v) is 44.5. The van der Waals surface area contributed by atoms with Crippen LogP contribution in [0.2, 0.25) is 0 Å². The second kappa shape index (κ2) is 18.0. The number of hydrogen-bond donors (Lipinski definition) is 0. The van der Waals surface area contributed by atoms with Gasteiger partial charge < -0.3 is 14.5 Å². The standard InChI is InChI=1S/C65H74N4O/c1-42(2)53-25-20-26-54(43(3)4)61(53)59-40-67(41-68(59)49-24-19-23-47(33-49)65(14,15)44-21-17-16-18-22-44)50-34-48(64(11,12)13)35-52(38-50)70-51-28-29-55-56-36-45(62(5,6)7)27-30-57(56)69(58(55)39-51)60-37-46(31-32-66-60)63(8,9)10/h16-40,42-43H,41H2,1-15H3. The highest BCUT2D eigenvalue weighted by atomic mass is 16.5. The largest absolute Gasteiger partial charge is 0.457 e. The van der Waals surface area contributed by atoms with E-state index in [0.717, 1.165) is 34.0 Å². The number of benzene rings is 6. The molecule has 0 bridgehead atoms. The average Bonchev–Trinajstić information content (AvgIpc) is 3.90. The minimum Gasteiger partial charge on any atom is -0.457 e. The third kappa shape index (κ3) is 9.28. The number of hydrogen-bond acceptors (Lipinski definition) is 4. The van der Waals surface area contributed by atoms with Crippen molar-refractivity contribution in [1.29, 1.82) is 0 Å². The van der Waals surface area contributed by atoms with Crippen molar-refractivity contribution in [2.75, 3.05) is 16.5 Å². The molecule has 0 aliphatic carbocycles. The number of fused-ring (bicyclic) bond motifs is 3. The van der Waals surface area contributed by atoms with Gasteiger partial charge in [-0.2, -0.15) is 0 Å². The van der Waals surface area contributed by atoms with Gasteiger partial charge in [0.05, 0.1) is 23.4 Å². The van der Waals surface area contributed by atoms with E-state index in [1.807, 2.05) is 6.20 Å². The van der Waals surface area contributed by atoms with Gasteiger partial charge in [-0.15, -0.1) is 0 Å². The SMILES string of the molecule is CC(C)c1cccc(C(C)C)c1C1=CN(c2cc(Oc3ccc4c5cc(C(C)(C)C)ccc5n(-c5cc(C(C)(C)C)ccn5)c4c3)cc(C(C)(C)C)c2)CN1c1cccc(C(C)(C)c2ccccc2)c1. The fraction of sp³-hybridized carbons (Fsp3) is 0.338. The molecule has 8 aromatic rings. The predicted octanol–water partition coefficient (Wildman–Crippen LogP) is 17.7. The molecule has 0 saturated carbocycles. The molecule has 0 fully saturated rings. The van der Waals surface area contributed by atoms with Gasteiger partial charge >= 0.3 is 0 Å². The van der Waals surface area contributed by atoms with E-state index in [4.69, 9.17) is 9.72 Å². The molecule has 1 aliphatic rings. The lowest BCUT2D eigenvalue weighted by atomic mass is 9.78. The highest BCUT2D eigenvalue weighted by molar-refractivity contribution is 6.10. The zero-order chi connectivity index (χ0) is 50.1. The Morgan fingerprint density at radius 1 is 0.486 bits per heavy atom. The topological polar surface area (TPSA) is 33.5 Å². The molecule has 0 unspecified atom stereocenters. The summed E-state index contributed by atoms with van der Waals surface area (Å²) in [4.78, 5) is 9.95. The summed E-state index contributed by atoms with van der Waals surface area (Å²) < 4.78 is 9.41. The fourth-order valence-corrected chi connectivity index (χ4v) is 10.2. The lowest BCUT2D eigenvalue weighted by molar-refractivity contribution is 0.479. The molecule has 0 amide bonds. The molecule has 9 rings (SSSR count). The summed E-state index contributed by atoms with van der Waals surface area (Å²) in [6.45, 7) is 35.1. The third-order valence-corrected chi connectivity index (χ3v) is 14.6. The van der Waals surface area contributed by atoms with Crippen LogP contribution in [0.5, 0.6) is 11.5 Å². The molecule has 5 heteroatoms. The van der Waals surface area contributed by atoms with Gasteiger partial charge in [-0.05, 0) is 128 Å². The van der Waals surface area contributed by atoms with Crippen LogP contribution >= 0.6 is 0 Å². The van der Waals surface area contributed by atoms with Crippen molar-refractivity contribution in [3.63, 3.8) is 0 Å². The van der Waals surface area contributed by atoms with Crippen LogP contribution < -0.4 is 14.5 Å². The Morgan fingerprint density at radius 2 is 1.11 bits per heavy atom. The van der Waals surface area contributed by atoms with Crippen molar-refractivity contribution in [3.8, 4) is 17.3 Å². The maximum absolute atomic E-state index is 7.09. The average molecular weight is 927 g/mol. The van der Waals surface area contributed by atoms with E-state index < -0.39 is 0 Å². The number of aromatic nitrogens is 2. The van der Waals surface area contributed by atoms with Crippen LogP contribution in [0.4, 0.5) is 11.4 Å². The third-order valence-electron chi connectivity index (χ3n) is 14.6. The summed E-state index contributed by atoms with van der Waals surface area (Å²) in [5, 5.41) is 2.39. The first-order valence-corrected chi connectivity index (χ1v) is 25.4. The number of anilines is 2.